The summed E-state index contributed by atoms with van der Waals surface area (Å²) in [5, 5.41) is 10.2. The highest BCUT2D eigenvalue weighted by atomic mass is 32.2. The Kier molecular flexibility index (Phi) is 8.69. The van der Waals surface area contributed by atoms with E-state index >= 15 is 0 Å². The van der Waals surface area contributed by atoms with Gasteiger partial charge in [-0.2, -0.15) is 0 Å². The molecule has 0 fully saturated rings. The van der Waals surface area contributed by atoms with Crippen LogP contribution in [-0.4, -0.2) is 72.2 Å². The van der Waals surface area contributed by atoms with E-state index in [-0.39, 0.29) is 6.61 Å². The van der Waals surface area contributed by atoms with Crippen molar-refractivity contribution in [2.24, 2.45) is 0 Å². The van der Waals surface area contributed by atoms with E-state index in [0.29, 0.717) is 30.2 Å². The molecular formula is C20H29N3O6S2. The summed E-state index contributed by atoms with van der Waals surface area (Å²) in [6, 6.07) is 13.6. The lowest BCUT2D eigenvalue weighted by Crippen LogP contribution is -2.34. The number of hydrogen-bond donors (Lipinski definition) is 3. The number of aliphatic hydroxyl groups is 1. The van der Waals surface area contributed by atoms with Crippen molar-refractivity contribution in [3.8, 4) is 5.75 Å². The highest BCUT2D eigenvalue weighted by molar-refractivity contribution is 7.92. The number of benzene rings is 2. The number of nitrogens with one attached hydrogen (secondary N) is 2. The summed E-state index contributed by atoms with van der Waals surface area (Å²) < 4.78 is 55.2. The number of ether oxygens (including phenoxy) is 1. The zero-order chi connectivity index (χ0) is 23.1. The predicted molar refractivity (Wildman–Crippen MR) is 123 cm³/mol. The predicted octanol–water partition coefficient (Wildman–Crippen LogP) is 1.34. The van der Waals surface area contributed by atoms with Crippen LogP contribution < -0.4 is 14.2 Å². The smallest absolute Gasteiger partial charge is 0.229 e. The SMILES string of the molecule is CN(CCc1ccc(NS(C)(=O)=O)cc1)CC(O)COc1ccc(NS(C)(=O)=O)cc1. The number of anilines is 2. The number of likely N-dealkylation sites (N-methyl/N-ethyl adjacent to an activating group) is 1. The molecule has 0 saturated heterocycles. The molecule has 9 nitrogen and oxygen atoms in total. The van der Waals surface area contributed by atoms with E-state index in [1.165, 1.54) is 0 Å². The van der Waals surface area contributed by atoms with Gasteiger partial charge in [-0.05, 0) is 55.4 Å². The van der Waals surface area contributed by atoms with Gasteiger partial charge < -0.3 is 14.7 Å². The lowest BCUT2D eigenvalue weighted by molar-refractivity contribution is 0.0767. The van der Waals surface area contributed by atoms with Crippen LogP contribution in [0.25, 0.3) is 0 Å². The van der Waals surface area contributed by atoms with Crippen molar-refractivity contribution < 1.29 is 26.7 Å². The van der Waals surface area contributed by atoms with Crippen molar-refractivity contribution in [1.82, 2.24) is 4.90 Å². The molecule has 0 aliphatic rings. The molecule has 0 heterocycles. The number of rotatable bonds is 12. The first-order chi connectivity index (χ1) is 14.4. The Balaban J connectivity index is 1.72. The molecule has 1 unspecified atom stereocenters. The Labute approximate surface area is 184 Å². The highest BCUT2D eigenvalue weighted by Gasteiger charge is 2.10. The topological polar surface area (TPSA) is 125 Å². The summed E-state index contributed by atoms with van der Waals surface area (Å²) >= 11 is 0. The normalized spacial score (nSPS) is 13.1. The van der Waals surface area contributed by atoms with E-state index < -0.39 is 26.2 Å². The fraction of sp³-hybridized carbons (Fsp3) is 0.400. The van der Waals surface area contributed by atoms with Gasteiger partial charge in [0.2, 0.25) is 20.0 Å². The van der Waals surface area contributed by atoms with Crippen molar-refractivity contribution in [2.75, 3.05) is 48.7 Å². The van der Waals surface area contributed by atoms with Crippen molar-refractivity contribution in [3.63, 3.8) is 0 Å². The van der Waals surface area contributed by atoms with E-state index in [2.05, 4.69) is 9.44 Å². The monoisotopic (exact) mass is 471 g/mol. The molecule has 0 aliphatic carbocycles. The zero-order valence-electron chi connectivity index (χ0n) is 17.8. The summed E-state index contributed by atoms with van der Waals surface area (Å²) in [5.41, 5.74) is 2.02. The number of aliphatic hydroxyl groups excluding tert-OH is 1. The van der Waals surface area contributed by atoms with Gasteiger partial charge in [0.25, 0.3) is 0 Å². The van der Waals surface area contributed by atoms with Crippen LogP contribution in [0.3, 0.4) is 0 Å². The van der Waals surface area contributed by atoms with E-state index in [1.807, 2.05) is 24.1 Å². The Morgan fingerprint density at radius 3 is 1.87 bits per heavy atom. The molecule has 1 atom stereocenters. The van der Waals surface area contributed by atoms with Gasteiger partial charge in [-0.15, -0.1) is 0 Å². The maximum Gasteiger partial charge on any atom is 0.229 e. The van der Waals surface area contributed by atoms with Gasteiger partial charge in [-0.1, -0.05) is 12.1 Å². The van der Waals surface area contributed by atoms with Crippen LogP contribution in [0.5, 0.6) is 5.75 Å². The third-order valence-corrected chi connectivity index (χ3v) is 5.37. The van der Waals surface area contributed by atoms with Crippen LogP contribution in [0.15, 0.2) is 48.5 Å². The average Bonchev–Trinajstić information content (AvgIpc) is 2.64. The summed E-state index contributed by atoms with van der Waals surface area (Å²) in [5.74, 6) is 0.531. The number of hydrogen-bond acceptors (Lipinski definition) is 7. The zero-order valence-corrected chi connectivity index (χ0v) is 19.4. The minimum Gasteiger partial charge on any atom is -0.491 e. The van der Waals surface area contributed by atoms with Crippen molar-refractivity contribution in [2.45, 2.75) is 12.5 Å². The molecule has 2 rings (SSSR count). The Morgan fingerprint density at radius 1 is 0.903 bits per heavy atom. The second-order valence-electron chi connectivity index (χ2n) is 7.45. The van der Waals surface area contributed by atoms with E-state index in [4.69, 9.17) is 4.74 Å². The molecule has 11 heteroatoms. The fourth-order valence-corrected chi connectivity index (χ4v) is 3.93. The van der Waals surface area contributed by atoms with Crippen LogP contribution in [0.2, 0.25) is 0 Å². The minimum absolute atomic E-state index is 0.106. The van der Waals surface area contributed by atoms with E-state index in [0.717, 1.165) is 24.5 Å². The molecule has 0 spiro atoms. The van der Waals surface area contributed by atoms with Crippen LogP contribution in [0, 0.1) is 0 Å². The number of sulfonamides is 2. The van der Waals surface area contributed by atoms with Crippen molar-refractivity contribution in [3.05, 3.63) is 54.1 Å². The Morgan fingerprint density at radius 2 is 1.39 bits per heavy atom. The lowest BCUT2D eigenvalue weighted by Gasteiger charge is -2.21. The molecular weight excluding hydrogens is 442 g/mol. The summed E-state index contributed by atoms with van der Waals surface area (Å²) in [6.45, 7) is 1.23. The first kappa shape index (κ1) is 24.9. The Bertz CT molecular complexity index is 954. The number of nitrogens with zero attached hydrogens (tertiary/aromatic N) is 1. The maximum absolute atomic E-state index is 11.2. The van der Waals surface area contributed by atoms with Gasteiger partial charge in [0.15, 0.2) is 0 Å². The third-order valence-electron chi connectivity index (χ3n) is 4.16. The van der Waals surface area contributed by atoms with Gasteiger partial charge in [0.05, 0.1) is 12.5 Å². The first-order valence-corrected chi connectivity index (χ1v) is 13.3. The van der Waals surface area contributed by atoms with Crippen molar-refractivity contribution in [1.29, 1.82) is 0 Å². The fourth-order valence-electron chi connectivity index (χ4n) is 2.80. The maximum atomic E-state index is 11.2. The highest BCUT2D eigenvalue weighted by Crippen LogP contribution is 2.17. The molecule has 0 radical (unpaired) electrons. The minimum atomic E-state index is -3.33. The molecule has 0 saturated carbocycles. The second-order valence-corrected chi connectivity index (χ2v) is 10.9. The third kappa shape index (κ3) is 10.5. The molecule has 0 aromatic heterocycles. The molecule has 2 aromatic carbocycles. The first-order valence-electron chi connectivity index (χ1n) is 9.53. The molecule has 3 N–H and O–H groups in total. The molecule has 2 aromatic rings. The largest absolute Gasteiger partial charge is 0.491 e. The van der Waals surface area contributed by atoms with Crippen LogP contribution in [-0.2, 0) is 26.5 Å². The van der Waals surface area contributed by atoms with Gasteiger partial charge in [-0.25, -0.2) is 16.8 Å². The standard InChI is InChI=1S/C20H29N3O6S2/c1-23(13-12-16-4-6-17(7-5-16)21-30(2,25)26)14-19(24)15-29-20-10-8-18(9-11-20)22-31(3,27)28/h4-11,19,21-22,24H,12-15H2,1-3H3. The molecule has 0 aliphatic heterocycles. The van der Waals surface area contributed by atoms with Crippen LogP contribution >= 0.6 is 0 Å². The van der Waals surface area contributed by atoms with Crippen molar-refractivity contribution >= 4 is 31.4 Å². The van der Waals surface area contributed by atoms with E-state index in [9.17, 15) is 21.9 Å². The van der Waals surface area contributed by atoms with Crippen LogP contribution in [0.1, 0.15) is 5.56 Å². The van der Waals surface area contributed by atoms with Crippen LogP contribution in [0.4, 0.5) is 11.4 Å². The van der Waals surface area contributed by atoms with Gasteiger partial charge in [0, 0.05) is 24.5 Å². The molecule has 0 amide bonds. The van der Waals surface area contributed by atoms with Gasteiger partial charge >= 0.3 is 0 Å². The molecule has 31 heavy (non-hydrogen) atoms. The van der Waals surface area contributed by atoms with Gasteiger partial charge in [0.1, 0.15) is 18.5 Å². The average molecular weight is 472 g/mol. The van der Waals surface area contributed by atoms with E-state index in [1.54, 1.807) is 36.4 Å². The summed E-state index contributed by atoms with van der Waals surface area (Å²) in [7, 11) is -4.72. The van der Waals surface area contributed by atoms with Gasteiger partial charge in [-0.3, -0.25) is 9.44 Å². The molecule has 172 valence electrons. The lowest BCUT2D eigenvalue weighted by atomic mass is 10.1. The molecule has 0 bridgehead atoms. The second kappa shape index (κ2) is 10.8. The summed E-state index contributed by atoms with van der Waals surface area (Å²) in [6.07, 6.45) is 2.24. The Hall–Kier alpha value is -2.34. The summed E-state index contributed by atoms with van der Waals surface area (Å²) in [4.78, 5) is 1.98. The quantitative estimate of drug-likeness (QED) is 0.427.